The average molecular weight is 368 g/mol. The van der Waals surface area contributed by atoms with E-state index in [1.54, 1.807) is 25.3 Å². The first kappa shape index (κ1) is 18.1. The van der Waals surface area contributed by atoms with Crippen LogP contribution in [0.4, 0.5) is 5.69 Å². The SMILES string of the molecule is COC(=O)c1n[nH]c2ccc(/C(=C/N)c3cc(OC)c(OC)cc3N)cc12. The number of fused-ring (bicyclic) bond motifs is 1. The van der Waals surface area contributed by atoms with Crippen molar-refractivity contribution in [1.29, 1.82) is 0 Å². The molecule has 0 radical (unpaired) electrons. The van der Waals surface area contributed by atoms with Crippen molar-refractivity contribution >= 4 is 28.1 Å². The molecule has 0 aliphatic rings. The van der Waals surface area contributed by atoms with E-state index in [1.165, 1.54) is 20.4 Å². The molecule has 1 heterocycles. The van der Waals surface area contributed by atoms with Crippen molar-refractivity contribution in [2.75, 3.05) is 27.1 Å². The Kier molecular flexibility index (Phi) is 4.89. The van der Waals surface area contributed by atoms with Gasteiger partial charge in [-0.2, -0.15) is 5.10 Å². The van der Waals surface area contributed by atoms with E-state index >= 15 is 0 Å². The van der Waals surface area contributed by atoms with Crippen LogP contribution in [0.15, 0.2) is 36.5 Å². The van der Waals surface area contributed by atoms with Gasteiger partial charge in [-0.3, -0.25) is 5.10 Å². The lowest BCUT2D eigenvalue weighted by Gasteiger charge is -2.15. The van der Waals surface area contributed by atoms with Crippen LogP contribution in [0.1, 0.15) is 21.6 Å². The number of hydrogen-bond acceptors (Lipinski definition) is 7. The van der Waals surface area contributed by atoms with Crippen LogP contribution in [-0.2, 0) is 4.74 Å². The first-order valence-corrected chi connectivity index (χ1v) is 8.04. The van der Waals surface area contributed by atoms with Gasteiger partial charge in [0, 0.05) is 34.5 Å². The van der Waals surface area contributed by atoms with Gasteiger partial charge in [0.05, 0.1) is 26.8 Å². The number of nitrogen functional groups attached to an aromatic ring is 1. The number of methoxy groups -OCH3 is 3. The Morgan fingerprint density at radius 1 is 1.11 bits per heavy atom. The lowest BCUT2D eigenvalue weighted by Crippen LogP contribution is -2.03. The number of nitrogens with two attached hydrogens (primary N) is 2. The van der Waals surface area contributed by atoms with E-state index in [4.69, 9.17) is 25.7 Å². The van der Waals surface area contributed by atoms with Crippen molar-refractivity contribution in [2.24, 2.45) is 5.73 Å². The fourth-order valence-corrected chi connectivity index (χ4v) is 2.90. The summed E-state index contributed by atoms with van der Waals surface area (Å²) in [6, 6.07) is 8.91. The molecule has 8 nitrogen and oxygen atoms in total. The highest BCUT2D eigenvalue weighted by Crippen LogP contribution is 2.37. The Hall–Kier alpha value is -3.68. The number of aromatic amines is 1. The van der Waals surface area contributed by atoms with Gasteiger partial charge in [0.2, 0.25) is 0 Å². The van der Waals surface area contributed by atoms with Gasteiger partial charge in [-0.05, 0) is 23.8 Å². The highest BCUT2D eigenvalue weighted by molar-refractivity contribution is 6.03. The number of aromatic nitrogens is 2. The fourth-order valence-electron chi connectivity index (χ4n) is 2.90. The fraction of sp³-hybridized carbons (Fsp3) is 0.158. The molecule has 2 aromatic carbocycles. The molecule has 0 aliphatic heterocycles. The number of hydrogen-bond donors (Lipinski definition) is 3. The Morgan fingerprint density at radius 3 is 2.44 bits per heavy atom. The average Bonchev–Trinajstić information content (AvgIpc) is 3.12. The van der Waals surface area contributed by atoms with Crippen LogP contribution in [0.3, 0.4) is 0 Å². The number of carbonyl (C=O) groups excluding carboxylic acids is 1. The van der Waals surface area contributed by atoms with Crippen LogP contribution in [0.5, 0.6) is 11.5 Å². The molecule has 5 N–H and O–H groups in total. The first-order valence-electron chi connectivity index (χ1n) is 8.04. The van der Waals surface area contributed by atoms with Gasteiger partial charge in [0.25, 0.3) is 0 Å². The number of nitrogens with zero attached hydrogens (tertiary/aromatic N) is 1. The maximum Gasteiger partial charge on any atom is 0.359 e. The van der Waals surface area contributed by atoms with Crippen LogP contribution >= 0.6 is 0 Å². The summed E-state index contributed by atoms with van der Waals surface area (Å²) >= 11 is 0. The lowest BCUT2D eigenvalue weighted by atomic mass is 9.95. The Balaban J connectivity index is 2.15. The Bertz CT molecular complexity index is 1040. The van der Waals surface area contributed by atoms with Crippen LogP contribution in [0, 0.1) is 0 Å². The molecule has 0 spiro atoms. The summed E-state index contributed by atoms with van der Waals surface area (Å²) in [4.78, 5) is 11.9. The summed E-state index contributed by atoms with van der Waals surface area (Å²) in [6.07, 6.45) is 1.46. The minimum Gasteiger partial charge on any atom is -0.493 e. The second-order valence-corrected chi connectivity index (χ2v) is 5.70. The topological polar surface area (TPSA) is 125 Å². The summed E-state index contributed by atoms with van der Waals surface area (Å²) < 4.78 is 15.4. The van der Waals surface area contributed by atoms with Crippen LogP contribution in [0.2, 0.25) is 0 Å². The predicted octanol–water partition coefficient (Wildman–Crippen LogP) is 2.30. The van der Waals surface area contributed by atoms with E-state index in [1.807, 2.05) is 12.1 Å². The normalized spacial score (nSPS) is 11.4. The molecule has 0 saturated carbocycles. The van der Waals surface area contributed by atoms with Gasteiger partial charge in [0.1, 0.15) is 0 Å². The first-order chi connectivity index (χ1) is 13.0. The molecular formula is C19H20N4O4. The molecule has 140 valence electrons. The minimum atomic E-state index is -0.526. The number of rotatable bonds is 5. The number of H-pyrrole nitrogens is 1. The second-order valence-electron chi connectivity index (χ2n) is 5.70. The van der Waals surface area contributed by atoms with Gasteiger partial charge >= 0.3 is 5.97 Å². The van der Waals surface area contributed by atoms with Gasteiger partial charge < -0.3 is 25.7 Å². The van der Waals surface area contributed by atoms with Crippen LogP contribution in [-0.4, -0.2) is 37.5 Å². The largest absolute Gasteiger partial charge is 0.493 e. The lowest BCUT2D eigenvalue weighted by molar-refractivity contribution is 0.0596. The van der Waals surface area contributed by atoms with Crippen molar-refractivity contribution < 1.29 is 19.0 Å². The summed E-state index contributed by atoms with van der Waals surface area (Å²) in [6.45, 7) is 0. The summed E-state index contributed by atoms with van der Waals surface area (Å²) in [7, 11) is 4.39. The van der Waals surface area contributed by atoms with Crippen LogP contribution < -0.4 is 20.9 Å². The smallest absolute Gasteiger partial charge is 0.359 e. The molecule has 0 aliphatic carbocycles. The van der Waals surface area contributed by atoms with Crippen molar-refractivity contribution in [3.63, 3.8) is 0 Å². The molecule has 0 unspecified atom stereocenters. The zero-order valence-electron chi connectivity index (χ0n) is 15.2. The predicted molar refractivity (Wildman–Crippen MR) is 103 cm³/mol. The number of ether oxygens (including phenoxy) is 3. The number of anilines is 1. The van der Waals surface area contributed by atoms with Crippen molar-refractivity contribution in [3.05, 3.63) is 53.4 Å². The van der Waals surface area contributed by atoms with Crippen molar-refractivity contribution in [3.8, 4) is 11.5 Å². The van der Waals surface area contributed by atoms with Crippen LogP contribution in [0.25, 0.3) is 16.5 Å². The van der Waals surface area contributed by atoms with Gasteiger partial charge in [-0.1, -0.05) is 6.07 Å². The highest BCUT2D eigenvalue weighted by Gasteiger charge is 2.18. The standard InChI is InChI=1S/C19H20N4O4/c1-25-16-7-11(14(21)8-17(16)26-2)13(9-20)10-4-5-15-12(6-10)18(23-22-15)19(24)27-3/h4-9H,20-21H2,1-3H3,(H,22,23)/b13-9-. The monoisotopic (exact) mass is 368 g/mol. The molecule has 3 rings (SSSR count). The third-order valence-corrected chi connectivity index (χ3v) is 4.27. The summed E-state index contributed by atoms with van der Waals surface area (Å²) in [5.41, 5.74) is 15.6. The quantitative estimate of drug-likeness (QED) is 0.466. The molecular weight excluding hydrogens is 348 g/mol. The van der Waals surface area contributed by atoms with Crippen molar-refractivity contribution in [1.82, 2.24) is 10.2 Å². The van der Waals surface area contributed by atoms with E-state index in [0.29, 0.717) is 39.2 Å². The third-order valence-electron chi connectivity index (χ3n) is 4.27. The molecule has 0 fully saturated rings. The van der Waals surface area contributed by atoms with E-state index < -0.39 is 5.97 Å². The summed E-state index contributed by atoms with van der Waals surface area (Å²) in [5.74, 6) is 0.524. The van der Waals surface area contributed by atoms with E-state index in [-0.39, 0.29) is 5.69 Å². The third kappa shape index (κ3) is 3.12. The minimum absolute atomic E-state index is 0.200. The number of benzene rings is 2. The van der Waals surface area contributed by atoms with Gasteiger partial charge in [0.15, 0.2) is 17.2 Å². The van der Waals surface area contributed by atoms with Gasteiger partial charge in [-0.25, -0.2) is 4.79 Å². The number of esters is 1. The summed E-state index contributed by atoms with van der Waals surface area (Å²) in [5, 5.41) is 7.45. The second kappa shape index (κ2) is 7.28. The Morgan fingerprint density at radius 2 is 1.81 bits per heavy atom. The molecule has 27 heavy (non-hydrogen) atoms. The van der Waals surface area contributed by atoms with E-state index in [2.05, 4.69) is 10.2 Å². The zero-order chi connectivity index (χ0) is 19.6. The molecule has 8 heteroatoms. The molecule has 0 atom stereocenters. The molecule has 1 aromatic heterocycles. The van der Waals surface area contributed by atoms with E-state index in [9.17, 15) is 4.79 Å². The molecule has 0 amide bonds. The Labute approximate surface area is 155 Å². The van der Waals surface area contributed by atoms with E-state index in [0.717, 1.165) is 5.56 Å². The number of nitrogens with one attached hydrogen (secondary N) is 1. The highest BCUT2D eigenvalue weighted by atomic mass is 16.5. The molecule has 0 saturated heterocycles. The number of carbonyl (C=O) groups is 1. The maximum absolute atomic E-state index is 11.9. The molecule has 3 aromatic rings. The van der Waals surface area contributed by atoms with Gasteiger partial charge in [-0.15, -0.1) is 0 Å². The van der Waals surface area contributed by atoms with Crippen molar-refractivity contribution in [2.45, 2.75) is 0 Å². The zero-order valence-corrected chi connectivity index (χ0v) is 15.2. The maximum atomic E-state index is 11.9. The molecule has 0 bridgehead atoms.